The van der Waals surface area contributed by atoms with Crippen LogP contribution in [0.15, 0.2) is 22.7 Å². The fourth-order valence-corrected chi connectivity index (χ4v) is 1.50. The van der Waals surface area contributed by atoms with Crippen LogP contribution in [0.25, 0.3) is 0 Å². The Hall–Kier alpha value is -0.590. The minimum absolute atomic E-state index is 0.318. The maximum atomic E-state index is 12.2. The third-order valence-corrected chi connectivity index (χ3v) is 2.41. The van der Waals surface area contributed by atoms with Crippen molar-refractivity contribution in [2.24, 2.45) is 5.84 Å². The molecule has 0 amide bonds. The Morgan fingerprint density at radius 3 is 2.43 bits per heavy atom. The molecule has 6 heteroatoms. The molecule has 2 nitrogen and oxygen atoms in total. The van der Waals surface area contributed by atoms with E-state index in [-0.39, 0.29) is 0 Å². The van der Waals surface area contributed by atoms with Crippen molar-refractivity contribution >= 4 is 15.9 Å². The summed E-state index contributed by atoms with van der Waals surface area (Å²) in [6.07, 6.45) is -4.31. The molecule has 0 aliphatic heterocycles. The van der Waals surface area contributed by atoms with Crippen LogP contribution in [0, 0.1) is 0 Å². The van der Waals surface area contributed by atoms with Crippen molar-refractivity contribution in [3.05, 3.63) is 33.8 Å². The predicted molar refractivity (Wildman–Crippen MR) is 50.2 cm³/mol. The van der Waals surface area contributed by atoms with Crippen molar-refractivity contribution in [1.82, 2.24) is 5.43 Å². The lowest BCUT2D eigenvalue weighted by Gasteiger charge is -2.09. The highest BCUT2D eigenvalue weighted by Crippen LogP contribution is 2.32. The highest BCUT2D eigenvalue weighted by Gasteiger charge is 2.30. The van der Waals surface area contributed by atoms with Crippen LogP contribution < -0.4 is 11.3 Å². The molecule has 14 heavy (non-hydrogen) atoms. The standard InChI is InChI=1S/C8H8BrF3N2/c9-7-3-6(8(10,11)12)2-1-5(7)4-14-13/h1-3,14H,4,13H2. The molecule has 0 atom stereocenters. The molecule has 78 valence electrons. The predicted octanol–water partition coefficient (Wildman–Crippen LogP) is 2.43. The Labute approximate surface area is 87.4 Å². The zero-order chi connectivity index (χ0) is 10.8. The van der Waals surface area contributed by atoms with Crippen LogP contribution >= 0.6 is 15.9 Å². The van der Waals surface area contributed by atoms with Gasteiger partial charge in [0, 0.05) is 11.0 Å². The fourth-order valence-electron chi connectivity index (χ4n) is 0.977. The second-order valence-corrected chi connectivity index (χ2v) is 3.54. The Balaban J connectivity index is 3.01. The Kier molecular flexibility index (Phi) is 3.52. The summed E-state index contributed by atoms with van der Waals surface area (Å²) >= 11 is 3.05. The van der Waals surface area contributed by atoms with Crippen LogP contribution in [0.5, 0.6) is 0 Å². The van der Waals surface area contributed by atoms with Gasteiger partial charge in [0.1, 0.15) is 0 Å². The lowest BCUT2D eigenvalue weighted by Crippen LogP contribution is -2.21. The second-order valence-electron chi connectivity index (χ2n) is 2.68. The summed E-state index contributed by atoms with van der Waals surface area (Å²) in [6, 6.07) is 3.44. The zero-order valence-electron chi connectivity index (χ0n) is 7.03. The first-order valence-electron chi connectivity index (χ1n) is 3.74. The Bertz CT molecular complexity index is 325. The quantitative estimate of drug-likeness (QED) is 0.639. The van der Waals surface area contributed by atoms with E-state index in [1.165, 1.54) is 6.07 Å². The molecule has 1 aromatic rings. The maximum Gasteiger partial charge on any atom is 0.416 e. The monoisotopic (exact) mass is 268 g/mol. The lowest BCUT2D eigenvalue weighted by atomic mass is 10.1. The summed E-state index contributed by atoms with van der Waals surface area (Å²) in [5.74, 6) is 5.06. The third kappa shape index (κ3) is 2.70. The maximum absolute atomic E-state index is 12.2. The molecule has 3 N–H and O–H groups in total. The van der Waals surface area contributed by atoms with Gasteiger partial charge in [-0.2, -0.15) is 13.2 Å². The molecule has 0 fully saturated rings. The number of hydrogen-bond donors (Lipinski definition) is 2. The Morgan fingerprint density at radius 2 is 2.00 bits per heavy atom. The molecule has 0 spiro atoms. The third-order valence-electron chi connectivity index (χ3n) is 1.67. The van der Waals surface area contributed by atoms with Crippen LogP contribution in [0.4, 0.5) is 13.2 Å². The molecule has 0 aromatic heterocycles. The van der Waals surface area contributed by atoms with Gasteiger partial charge in [-0.3, -0.25) is 11.3 Å². The number of halogens is 4. The molecular formula is C8H8BrF3N2. The van der Waals surface area contributed by atoms with Crippen LogP contribution in [0.1, 0.15) is 11.1 Å². The van der Waals surface area contributed by atoms with Gasteiger partial charge < -0.3 is 0 Å². The molecule has 0 heterocycles. The van der Waals surface area contributed by atoms with Gasteiger partial charge in [0.15, 0.2) is 0 Å². The number of alkyl halides is 3. The first-order valence-corrected chi connectivity index (χ1v) is 4.53. The molecule has 1 rings (SSSR count). The normalized spacial score (nSPS) is 11.8. The van der Waals surface area contributed by atoms with Crippen molar-refractivity contribution in [3.63, 3.8) is 0 Å². The van der Waals surface area contributed by atoms with E-state index in [0.29, 0.717) is 16.6 Å². The van der Waals surface area contributed by atoms with Gasteiger partial charge in [0.05, 0.1) is 5.56 Å². The molecular weight excluding hydrogens is 261 g/mol. The van der Waals surface area contributed by atoms with Gasteiger partial charge in [-0.1, -0.05) is 22.0 Å². The summed E-state index contributed by atoms with van der Waals surface area (Å²) in [5.41, 5.74) is 2.38. The minimum Gasteiger partial charge on any atom is -0.271 e. The van der Waals surface area contributed by atoms with Gasteiger partial charge >= 0.3 is 6.18 Å². The molecule has 0 aliphatic rings. The van der Waals surface area contributed by atoms with E-state index in [0.717, 1.165) is 12.1 Å². The summed E-state index contributed by atoms with van der Waals surface area (Å²) in [4.78, 5) is 0. The first kappa shape index (κ1) is 11.5. The van der Waals surface area contributed by atoms with Crippen molar-refractivity contribution in [1.29, 1.82) is 0 Å². The number of hydrogen-bond acceptors (Lipinski definition) is 2. The molecule has 1 aromatic carbocycles. The average Bonchev–Trinajstić information content (AvgIpc) is 2.07. The van der Waals surface area contributed by atoms with Gasteiger partial charge in [0.25, 0.3) is 0 Å². The van der Waals surface area contributed by atoms with E-state index in [1.54, 1.807) is 0 Å². The van der Waals surface area contributed by atoms with Crippen molar-refractivity contribution in [3.8, 4) is 0 Å². The van der Waals surface area contributed by atoms with Crippen molar-refractivity contribution < 1.29 is 13.2 Å². The molecule has 0 saturated carbocycles. The average molecular weight is 269 g/mol. The highest BCUT2D eigenvalue weighted by molar-refractivity contribution is 9.10. The number of benzene rings is 1. The van der Waals surface area contributed by atoms with Crippen LogP contribution in [0.2, 0.25) is 0 Å². The summed E-state index contributed by atoms with van der Waals surface area (Å²) in [6.45, 7) is 0.318. The van der Waals surface area contributed by atoms with Crippen LogP contribution in [-0.4, -0.2) is 0 Å². The first-order chi connectivity index (χ1) is 6.45. The number of nitrogens with two attached hydrogens (primary N) is 1. The van der Waals surface area contributed by atoms with E-state index in [4.69, 9.17) is 5.84 Å². The largest absolute Gasteiger partial charge is 0.416 e. The summed E-state index contributed by atoms with van der Waals surface area (Å²) < 4.78 is 37.1. The summed E-state index contributed by atoms with van der Waals surface area (Å²) in [7, 11) is 0. The molecule has 0 saturated heterocycles. The molecule has 0 unspecified atom stereocenters. The topological polar surface area (TPSA) is 38.0 Å². The second kappa shape index (κ2) is 4.29. The number of hydrazine groups is 1. The van der Waals surface area contributed by atoms with Crippen LogP contribution in [0.3, 0.4) is 0 Å². The summed E-state index contributed by atoms with van der Waals surface area (Å²) in [5, 5.41) is 0. The van der Waals surface area contributed by atoms with Crippen LogP contribution in [-0.2, 0) is 12.7 Å². The van der Waals surface area contributed by atoms with Crippen molar-refractivity contribution in [2.45, 2.75) is 12.7 Å². The van der Waals surface area contributed by atoms with E-state index in [2.05, 4.69) is 21.4 Å². The fraction of sp³-hybridized carbons (Fsp3) is 0.250. The lowest BCUT2D eigenvalue weighted by molar-refractivity contribution is -0.137. The van der Waals surface area contributed by atoms with Gasteiger partial charge in [-0.05, 0) is 17.7 Å². The van der Waals surface area contributed by atoms with Crippen molar-refractivity contribution in [2.75, 3.05) is 0 Å². The molecule has 0 radical (unpaired) electrons. The molecule has 0 bridgehead atoms. The van der Waals surface area contributed by atoms with Gasteiger partial charge in [0.2, 0.25) is 0 Å². The van der Waals surface area contributed by atoms with Gasteiger partial charge in [-0.25, -0.2) is 0 Å². The van der Waals surface area contributed by atoms with E-state index < -0.39 is 11.7 Å². The van der Waals surface area contributed by atoms with E-state index >= 15 is 0 Å². The minimum atomic E-state index is -4.31. The molecule has 0 aliphatic carbocycles. The highest BCUT2D eigenvalue weighted by atomic mass is 79.9. The SMILES string of the molecule is NNCc1ccc(C(F)(F)F)cc1Br. The van der Waals surface area contributed by atoms with E-state index in [9.17, 15) is 13.2 Å². The van der Waals surface area contributed by atoms with Gasteiger partial charge in [-0.15, -0.1) is 0 Å². The number of nitrogens with one attached hydrogen (secondary N) is 1. The number of rotatable bonds is 2. The van der Waals surface area contributed by atoms with E-state index in [1.807, 2.05) is 0 Å². The smallest absolute Gasteiger partial charge is 0.271 e. The zero-order valence-corrected chi connectivity index (χ0v) is 8.61. The Morgan fingerprint density at radius 1 is 1.36 bits per heavy atom.